The fourth-order valence-corrected chi connectivity index (χ4v) is 3.63. The van der Waals surface area contributed by atoms with Gasteiger partial charge in [-0.3, -0.25) is 4.84 Å². The van der Waals surface area contributed by atoms with Crippen LogP contribution in [0.2, 0.25) is 0 Å². The molecular formula is C21H22F3N3O5S. The monoisotopic (exact) mass is 485 g/mol. The van der Waals surface area contributed by atoms with Crippen molar-refractivity contribution in [1.82, 2.24) is 14.7 Å². The first-order chi connectivity index (χ1) is 15.6. The van der Waals surface area contributed by atoms with Crippen LogP contribution in [0.4, 0.5) is 13.2 Å². The predicted octanol–water partition coefficient (Wildman–Crippen LogP) is 4.04. The quantitative estimate of drug-likeness (QED) is 0.265. The molecule has 1 heterocycles. The molecule has 0 bridgehead atoms. The summed E-state index contributed by atoms with van der Waals surface area (Å²) >= 11 is 0. The molecule has 178 valence electrons. The average Bonchev–Trinajstić information content (AvgIpc) is 3.23. The molecule has 0 saturated carbocycles. The van der Waals surface area contributed by atoms with Gasteiger partial charge in [0.15, 0.2) is 5.69 Å². The zero-order valence-electron chi connectivity index (χ0n) is 17.8. The number of aryl methyl sites for hydroxylation is 1. The molecule has 33 heavy (non-hydrogen) atoms. The molecule has 0 aliphatic heterocycles. The van der Waals surface area contributed by atoms with Crippen molar-refractivity contribution in [1.29, 1.82) is 0 Å². The lowest BCUT2D eigenvalue weighted by molar-refractivity contribution is -0.296. The maximum absolute atomic E-state index is 13.3. The highest BCUT2D eigenvalue weighted by Crippen LogP contribution is 2.33. The van der Waals surface area contributed by atoms with Crippen molar-refractivity contribution >= 4 is 10.0 Å². The van der Waals surface area contributed by atoms with Crippen LogP contribution in [0.15, 0.2) is 59.5 Å². The maximum Gasteiger partial charge on any atom is 0.435 e. The third kappa shape index (κ3) is 6.39. The summed E-state index contributed by atoms with van der Waals surface area (Å²) in [5, 5.41) is 3.70. The van der Waals surface area contributed by atoms with Crippen molar-refractivity contribution in [3.63, 3.8) is 0 Å². The van der Waals surface area contributed by atoms with Crippen LogP contribution in [0.1, 0.15) is 18.2 Å². The number of nitrogens with one attached hydrogen (secondary N) is 1. The summed E-state index contributed by atoms with van der Waals surface area (Å²) in [7, 11) is -4.02. The Morgan fingerprint density at radius 1 is 1.00 bits per heavy atom. The Kier molecular flexibility index (Phi) is 7.87. The molecule has 12 heteroatoms. The normalized spacial score (nSPS) is 12.3. The summed E-state index contributed by atoms with van der Waals surface area (Å²) in [6.07, 6.45) is -4.64. The molecule has 0 radical (unpaired) electrons. The molecule has 8 nitrogen and oxygen atoms in total. The summed E-state index contributed by atoms with van der Waals surface area (Å²) < 4.78 is 65.8. The number of alkyl halides is 3. The molecule has 0 aliphatic rings. The summed E-state index contributed by atoms with van der Waals surface area (Å²) in [5.41, 5.74) is 0.901. The van der Waals surface area contributed by atoms with Gasteiger partial charge in [0.2, 0.25) is 0 Å². The molecule has 1 aromatic heterocycles. The van der Waals surface area contributed by atoms with Gasteiger partial charge in [-0.1, -0.05) is 34.7 Å². The van der Waals surface area contributed by atoms with E-state index in [1.165, 1.54) is 24.3 Å². The molecule has 0 fully saturated rings. The van der Waals surface area contributed by atoms with Crippen LogP contribution < -0.4 is 4.89 Å². The first-order valence-corrected chi connectivity index (χ1v) is 11.3. The average molecular weight is 485 g/mol. The van der Waals surface area contributed by atoms with E-state index in [4.69, 9.17) is 9.73 Å². The molecule has 0 saturated heterocycles. The summed E-state index contributed by atoms with van der Waals surface area (Å²) in [5.74, 6) is 0. The number of sulfonamides is 1. The van der Waals surface area contributed by atoms with Gasteiger partial charge in [0.05, 0.1) is 29.5 Å². The topological polar surface area (TPSA) is 91.7 Å². The standard InChI is InChI=1S/C21H22F3N3O5S/c1-3-31-32-13-12-30-26-33(28,29)18-10-8-17(9-11-18)27-19(14-20(25-27)21(22,23)24)16-6-4-15(2)5-7-16/h4-11,14,26H,3,12-13H2,1-2H3. The molecule has 1 N–H and O–H groups in total. The van der Waals surface area contributed by atoms with Gasteiger partial charge in [0.1, 0.15) is 6.61 Å². The summed E-state index contributed by atoms with van der Waals surface area (Å²) in [6.45, 7) is 3.85. The highest BCUT2D eigenvalue weighted by molar-refractivity contribution is 7.89. The van der Waals surface area contributed by atoms with Crippen LogP contribution >= 0.6 is 0 Å². The number of nitrogens with zero attached hydrogens (tertiary/aromatic N) is 2. The summed E-state index contributed by atoms with van der Waals surface area (Å²) in [6, 6.07) is 13.1. The summed E-state index contributed by atoms with van der Waals surface area (Å²) in [4.78, 5) is 16.0. The Morgan fingerprint density at radius 3 is 2.27 bits per heavy atom. The van der Waals surface area contributed by atoms with Gasteiger partial charge in [-0.05, 0) is 44.2 Å². The molecule has 0 unspecified atom stereocenters. The first-order valence-electron chi connectivity index (χ1n) is 9.84. The van der Waals surface area contributed by atoms with E-state index < -0.39 is 21.9 Å². The van der Waals surface area contributed by atoms with Gasteiger partial charge in [-0.2, -0.15) is 18.3 Å². The minimum Gasteiger partial charge on any atom is -0.284 e. The van der Waals surface area contributed by atoms with Crippen LogP contribution in [0, 0.1) is 6.92 Å². The number of aromatic nitrogens is 2. The Hall–Kier alpha value is -2.77. The van der Waals surface area contributed by atoms with Crippen LogP contribution in [0.3, 0.4) is 0 Å². The van der Waals surface area contributed by atoms with Gasteiger partial charge >= 0.3 is 6.18 Å². The Balaban J connectivity index is 1.84. The number of hydrogen-bond donors (Lipinski definition) is 1. The van der Waals surface area contributed by atoms with Gasteiger partial charge < -0.3 is 0 Å². The highest BCUT2D eigenvalue weighted by Gasteiger charge is 2.35. The fourth-order valence-electron chi connectivity index (χ4n) is 2.80. The second-order valence-corrected chi connectivity index (χ2v) is 8.49. The zero-order chi connectivity index (χ0) is 24.1. The van der Waals surface area contributed by atoms with E-state index in [-0.39, 0.29) is 29.5 Å². The van der Waals surface area contributed by atoms with E-state index in [1.54, 1.807) is 31.2 Å². The Morgan fingerprint density at radius 2 is 1.67 bits per heavy atom. The molecule has 0 atom stereocenters. The second kappa shape index (κ2) is 10.4. The lowest BCUT2D eigenvalue weighted by Crippen LogP contribution is -2.25. The Bertz CT molecular complexity index is 1160. The lowest BCUT2D eigenvalue weighted by Gasteiger charge is -2.10. The van der Waals surface area contributed by atoms with Crippen LogP contribution in [0.5, 0.6) is 0 Å². The SMILES string of the molecule is CCOOCCONS(=O)(=O)c1ccc(-n2nc(C(F)(F)F)cc2-c2ccc(C)cc2)cc1. The van der Waals surface area contributed by atoms with Gasteiger partial charge in [0.25, 0.3) is 10.0 Å². The van der Waals surface area contributed by atoms with Crippen molar-refractivity contribution in [2.24, 2.45) is 0 Å². The lowest BCUT2D eigenvalue weighted by atomic mass is 10.1. The Labute approximate surface area is 188 Å². The van der Waals surface area contributed by atoms with Gasteiger partial charge in [-0.25, -0.2) is 22.9 Å². The van der Waals surface area contributed by atoms with Crippen molar-refractivity contribution < 1.29 is 36.2 Å². The van der Waals surface area contributed by atoms with Crippen molar-refractivity contribution in [3.8, 4) is 16.9 Å². The smallest absolute Gasteiger partial charge is 0.284 e. The van der Waals surface area contributed by atoms with Gasteiger partial charge in [-0.15, -0.1) is 0 Å². The maximum atomic E-state index is 13.3. The predicted molar refractivity (Wildman–Crippen MR) is 113 cm³/mol. The van der Waals surface area contributed by atoms with E-state index >= 15 is 0 Å². The largest absolute Gasteiger partial charge is 0.435 e. The van der Waals surface area contributed by atoms with Crippen molar-refractivity contribution in [2.45, 2.75) is 24.9 Å². The molecule has 0 amide bonds. The molecule has 3 aromatic rings. The molecule has 0 aliphatic carbocycles. The van der Waals surface area contributed by atoms with Crippen molar-refractivity contribution in [3.05, 3.63) is 65.9 Å². The highest BCUT2D eigenvalue weighted by atomic mass is 32.2. The van der Waals surface area contributed by atoms with Crippen LogP contribution in [-0.2, 0) is 30.8 Å². The molecular weight excluding hydrogens is 463 g/mol. The van der Waals surface area contributed by atoms with Gasteiger partial charge in [0, 0.05) is 5.56 Å². The van der Waals surface area contributed by atoms with Crippen LogP contribution in [-0.4, -0.2) is 38.0 Å². The van der Waals surface area contributed by atoms with E-state index in [2.05, 4.69) is 9.99 Å². The number of halogens is 3. The molecule has 0 spiro atoms. The van der Waals surface area contributed by atoms with E-state index in [0.717, 1.165) is 16.3 Å². The minimum absolute atomic E-state index is 0.0118. The van der Waals surface area contributed by atoms with E-state index in [9.17, 15) is 21.6 Å². The van der Waals surface area contributed by atoms with Crippen molar-refractivity contribution in [2.75, 3.05) is 19.8 Å². The van der Waals surface area contributed by atoms with E-state index in [0.29, 0.717) is 12.2 Å². The third-order valence-corrected chi connectivity index (χ3v) is 5.61. The minimum atomic E-state index is -4.64. The third-order valence-electron chi connectivity index (χ3n) is 4.38. The van der Waals surface area contributed by atoms with Crippen LogP contribution in [0.25, 0.3) is 16.9 Å². The zero-order valence-corrected chi connectivity index (χ0v) is 18.6. The number of rotatable bonds is 10. The number of hydrogen-bond acceptors (Lipinski definition) is 6. The second-order valence-electron chi connectivity index (χ2n) is 6.85. The fraction of sp³-hybridized carbons (Fsp3) is 0.286. The number of benzene rings is 2. The molecule has 3 rings (SSSR count). The molecule has 2 aromatic carbocycles. The first kappa shape index (κ1) is 24.9. The van der Waals surface area contributed by atoms with E-state index in [1.807, 2.05) is 11.8 Å².